The van der Waals surface area contributed by atoms with Gasteiger partial charge in [-0.15, -0.1) is 0 Å². The van der Waals surface area contributed by atoms with Gasteiger partial charge in [-0.05, 0) is 61.3 Å². The van der Waals surface area contributed by atoms with Crippen molar-refractivity contribution in [2.24, 2.45) is 11.7 Å². The van der Waals surface area contributed by atoms with Crippen LogP contribution in [0, 0.1) is 5.92 Å². The van der Waals surface area contributed by atoms with Crippen molar-refractivity contribution in [1.82, 2.24) is 15.2 Å². The van der Waals surface area contributed by atoms with E-state index in [-0.39, 0.29) is 17.9 Å². The number of pyridine rings is 1. The molecule has 1 saturated heterocycles. The van der Waals surface area contributed by atoms with Gasteiger partial charge in [0.05, 0.1) is 13.2 Å². The summed E-state index contributed by atoms with van der Waals surface area (Å²) in [6.07, 6.45) is 5.73. The molecule has 9 nitrogen and oxygen atoms in total. The third-order valence-corrected chi connectivity index (χ3v) is 8.66. The Bertz CT molecular complexity index is 1150. The molecule has 2 heterocycles. The Hall–Kier alpha value is -3.01. The van der Waals surface area contributed by atoms with Crippen LogP contribution in [0.25, 0.3) is 11.1 Å². The highest BCUT2D eigenvalue weighted by atomic mass is 16.5. The zero-order chi connectivity index (χ0) is 26.2. The predicted molar refractivity (Wildman–Crippen MR) is 137 cm³/mol. The number of carbonyl (C=O) groups excluding carboxylic acids is 2. The lowest BCUT2D eigenvalue weighted by atomic mass is 9.48. The number of aromatic nitrogens is 1. The predicted octanol–water partition coefficient (Wildman–Crippen LogP) is 2.04. The average molecular weight is 509 g/mol. The number of nitrogens with zero attached hydrogens (tertiary/aromatic N) is 2. The first-order chi connectivity index (χ1) is 17.8. The molecule has 2 aliphatic carbocycles. The van der Waals surface area contributed by atoms with Gasteiger partial charge in [0.1, 0.15) is 5.60 Å². The summed E-state index contributed by atoms with van der Waals surface area (Å²) in [5.41, 5.74) is 8.02. The van der Waals surface area contributed by atoms with Gasteiger partial charge in [-0.1, -0.05) is 24.3 Å². The molecular formula is C28H36N4O5. The smallest absolute Gasteiger partial charge is 0.406 e. The van der Waals surface area contributed by atoms with Crippen molar-refractivity contribution in [2.45, 2.75) is 61.7 Å². The number of benzene rings is 1. The zero-order valence-corrected chi connectivity index (χ0v) is 21.2. The van der Waals surface area contributed by atoms with E-state index in [1.165, 1.54) is 7.11 Å². The van der Waals surface area contributed by atoms with Crippen LogP contribution in [0.2, 0.25) is 0 Å². The van der Waals surface area contributed by atoms with Crippen molar-refractivity contribution in [3.8, 4) is 11.1 Å². The number of piperidine rings is 1. The summed E-state index contributed by atoms with van der Waals surface area (Å²) in [7, 11) is 1.32. The summed E-state index contributed by atoms with van der Waals surface area (Å²) in [6.45, 7) is 1.41. The van der Waals surface area contributed by atoms with E-state index in [0.717, 1.165) is 35.1 Å². The van der Waals surface area contributed by atoms with E-state index in [4.69, 9.17) is 5.73 Å². The molecule has 0 unspecified atom stereocenters. The Morgan fingerprint density at radius 3 is 2.81 bits per heavy atom. The van der Waals surface area contributed by atoms with Gasteiger partial charge in [-0.2, -0.15) is 0 Å². The number of hydrogen-bond acceptors (Lipinski definition) is 7. The Balaban J connectivity index is 1.47. The molecule has 2 amide bonds. The van der Waals surface area contributed by atoms with E-state index >= 15 is 0 Å². The molecule has 0 radical (unpaired) electrons. The summed E-state index contributed by atoms with van der Waals surface area (Å²) in [5.74, 6) is -0.281. The molecule has 1 aromatic carbocycles. The van der Waals surface area contributed by atoms with Crippen molar-refractivity contribution >= 4 is 12.0 Å². The number of amides is 2. The minimum atomic E-state index is -1.18. The second-order valence-electron chi connectivity index (χ2n) is 10.7. The third kappa shape index (κ3) is 4.28. The minimum absolute atomic E-state index is 0.0117. The number of rotatable bonds is 6. The van der Waals surface area contributed by atoms with Gasteiger partial charge in [0, 0.05) is 55.0 Å². The number of hydrogen-bond donors (Lipinski definition) is 4. The molecule has 3 aliphatic rings. The van der Waals surface area contributed by atoms with Crippen molar-refractivity contribution < 1.29 is 24.5 Å². The number of aliphatic hydroxyl groups is 2. The fraction of sp³-hybridized carbons (Fsp3) is 0.536. The summed E-state index contributed by atoms with van der Waals surface area (Å²) >= 11 is 0. The number of carbonyl (C=O) groups is 2. The largest absolute Gasteiger partial charge is 0.453 e. The van der Waals surface area contributed by atoms with E-state index in [0.29, 0.717) is 45.3 Å². The van der Waals surface area contributed by atoms with Crippen molar-refractivity contribution in [3.05, 3.63) is 53.9 Å². The molecule has 0 bridgehead atoms. The molecule has 2 fully saturated rings. The fourth-order valence-electron chi connectivity index (χ4n) is 6.84. The van der Waals surface area contributed by atoms with E-state index in [1.807, 2.05) is 29.2 Å². The van der Waals surface area contributed by atoms with Gasteiger partial charge in [0.25, 0.3) is 0 Å². The number of nitrogens with one attached hydrogen (secondary N) is 1. The summed E-state index contributed by atoms with van der Waals surface area (Å²) in [5, 5.41) is 25.3. The highest BCUT2D eigenvalue weighted by molar-refractivity contribution is 5.81. The number of likely N-dealkylation sites (tertiary alicyclic amines) is 1. The second-order valence-corrected chi connectivity index (χ2v) is 10.7. The zero-order valence-electron chi connectivity index (χ0n) is 21.2. The highest BCUT2D eigenvalue weighted by Gasteiger charge is 2.64. The quantitative estimate of drug-likeness (QED) is 0.438. The van der Waals surface area contributed by atoms with Crippen LogP contribution in [0.4, 0.5) is 4.79 Å². The van der Waals surface area contributed by atoms with Crippen molar-refractivity contribution in [2.75, 3.05) is 26.7 Å². The summed E-state index contributed by atoms with van der Waals surface area (Å²) in [4.78, 5) is 31.2. The van der Waals surface area contributed by atoms with Crippen LogP contribution >= 0.6 is 0 Å². The van der Waals surface area contributed by atoms with Crippen molar-refractivity contribution in [3.63, 3.8) is 0 Å². The average Bonchev–Trinajstić information content (AvgIpc) is 3.28. The van der Waals surface area contributed by atoms with Gasteiger partial charge in [0.2, 0.25) is 5.91 Å². The molecule has 5 atom stereocenters. The maximum atomic E-state index is 13.5. The van der Waals surface area contributed by atoms with Crippen LogP contribution < -0.4 is 11.1 Å². The first-order valence-electron chi connectivity index (χ1n) is 13.1. The molecule has 37 heavy (non-hydrogen) atoms. The topological polar surface area (TPSA) is 138 Å². The lowest BCUT2D eigenvalue weighted by Crippen LogP contribution is -2.66. The maximum Gasteiger partial charge on any atom is 0.406 e. The molecule has 1 aromatic heterocycles. The molecule has 5 N–H and O–H groups in total. The normalized spacial score (nSPS) is 30.5. The van der Waals surface area contributed by atoms with Crippen LogP contribution in [-0.2, 0) is 20.5 Å². The first kappa shape index (κ1) is 25.6. The number of nitrogens with two attached hydrogens (primary N) is 1. The highest BCUT2D eigenvalue weighted by Crippen LogP contribution is 2.63. The SMILES string of the molecule is COC(=O)NCCC[C@@]1(O)c2c(-c3cccnc3)cccc2[C@]12CCCN(C(=O)[C@H]1C[C@@H](N)[C@@H](O)C1)C2. The summed E-state index contributed by atoms with van der Waals surface area (Å²) in [6, 6.07) is 9.57. The van der Waals surface area contributed by atoms with Crippen LogP contribution in [0.1, 0.15) is 49.7 Å². The lowest BCUT2D eigenvalue weighted by molar-refractivity contribution is -0.149. The van der Waals surface area contributed by atoms with Gasteiger partial charge in [0.15, 0.2) is 0 Å². The van der Waals surface area contributed by atoms with Crippen LogP contribution in [0.15, 0.2) is 42.7 Å². The van der Waals surface area contributed by atoms with Gasteiger partial charge < -0.3 is 30.9 Å². The van der Waals surface area contributed by atoms with E-state index in [9.17, 15) is 19.8 Å². The molecular weight excluding hydrogens is 472 g/mol. The molecule has 1 saturated carbocycles. The van der Waals surface area contributed by atoms with E-state index < -0.39 is 23.2 Å². The number of fused-ring (bicyclic) bond motifs is 2. The second kappa shape index (κ2) is 10.0. The van der Waals surface area contributed by atoms with E-state index in [2.05, 4.69) is 21.1 Å². The monoisotopic (exact) mass is 508 g/mol. The standard InChI is InChI=1S/C28H36N4O5/c1-37-26(35)31-12-4-10-28(36)24-20(18-6-3-11-30-16-18)7-2-8-21(24)27(28)9-5-13-32(17-27)25(34)19-14-22(29)23(33)15-19/h2-3,6-8,11,16,19,22-23,33,36H,4-5,9-10,12-15,17,29H2,1H3,(H,31,35)/t19-,22+,23-,27+,28+/m0/s1. The van der Waals surface area contributed by atoms with Gasteiger partial charge in [-0.3, -0.25) is 9.78 Å². The van der Waals surface area contributed by atoms with Gasteiger partial charge in [-0.25, -0.2) is 4.79 Å². The number of alkyl carbamates (subject to hydrolysis) is 1. The minimum Gasteiger partial charge on any atom is -0.453 e. The Kier molecular flexibility index (Phi) is 6.95. The van der Waals surface area contributed by atoms with Crippen LogP contribution in [0.5, 0.6) is 0 Å². The molecule has 2 aromatic rings. The molecule has 198 valence electrons. The summed E-state index contributed by atoms with van der Waals surface area (Å²) < 4.78 is 4.68. The lowest BCUT2D eigenvalue weighted by Gasteiger charge is -2.62. The number of ether oxygens (including phenoxy) is 1. The van der Waals surface area contributed by atoms with Crippen LogP contribution in [0.3, 0.4) is 0 Å². The fourth-order valence-corrected chi connectivity index (χ4v) is 6.84. The molecule has 1 aliphatic heterocycles. The van der Waals surface area contributed by atoms with Gasteiger partial charge >= 0.3 is 6.09 Å². The number of methoxy groups -OCH3 is 1. The Labute approximate surface area is 217 Å². The molecule has 5 rings (SSSR count). The molecule has 9 heteroatoms. The third-order valence-electron chi connectivity index (χ3n) is 8.66. The van der Waals surface area contributed by atoms with Crippen molar-refractivity contribution in [1.29, 1.82) is 0 Å². The maximum absolute atomic E-state index is 13.5. The Morgan fingerprint density at radius 1 is 1.27 bits per heavy atom. The number of aliphatic hydroxyl groups excluding tert-OH is 1. The first-order valence-corrected chi connectivity index (χ1v) is 13.1. The molecule has 1 spiro atoms. The Morgan fingerprint density at radius 2 is 2.11 bits per heavy atom. The van der Waals surface area contributed by atoms with Crippen LogP contribution in [-0.4, -0.2) is 71.0 Å². The van der Waals surface area contributed by atoms with E-state index in [1.54, 1.807) is 12.4 Å².